The zero-order chi connectivity index (χ0) is 21.7. The number of oxazole rings is 1. The number of aromatic nitrogens is 1. The number of alkyl halides is 3. The first-order valence-electron chi connectivity index (χ1n) is 8.99. The van der Waals surface area contributed by atoms with Crippen LogP contribution in [0.4, 0.5) is 18.9 Å². The monoisotopic (exact) mass is 418 g/mol. The molecule has 0 bridgehead atoms. The molecule has 0 spiro atoms. The van der Waals surface area contributed by atoms with Crippen LogP contribution in [-0.4, -0.2) is 23.5 Å². The van der Waals surface area contributed by atoms with Crippen molar-refractivity contribution in [2.75, 3.05) is 11.9 Å². The lowest BCUT2D eigenvalue weighted by molar-refractivity contribution is -0.137. The first-order chi connectivity index (χ1) is 14.3. The van der Waals surface area contributed by atoms with Crippen molar-refractivity contribution in [3.05, 3.63) is 71.6 Å². The fraction of sp³-hybridized carbons (Fsp3) is 0.190. The van der Waals surface area contributed by atoms with Gasteiger partial charge >= 0.3 is 12.1 Å². The summed E-state index contributed by atoms with van der Waals surface area (Å²) in [6.45, 7) is 2.17. The van der Waals surface area contributed by atoms with Gasteiger partial charge in [-0.1, -0.05) is 13.0 Å². The summed E-state index contributed by atoms with van der Waals surface area (Å²) in [5.41, 5.74) is 0.0663. The number of halogens is 3. The molecule has 1 aromatic heterocycles. The average molecular weight is 418 g/mol. The highest BCUT2D eigenvalue weighted by Gasteiger charge is 2.30. The first-order valence-corrected chi connectivity index (χ1v) is 8.99. The number of rotatable bonds is 6. The maximum atomic E-state index is 12.7. The Balaban J connectivity index is 1.70. The minimum atomic E-state index is -4.45. The number of benzene rings is 2. The highest BCUT2D eigenvalue weighted by atomic mass is 19.4. The van der Waals surface area contributed by atoms with Crippen molar-refractivity contribution in [3.8, 4) is 11.5 Å². The third-order valence-corrected chi connectivity index (χ3v) is 3.99. The molecular weight excluding hydrogens is 401 g/mol. The van der Waals surface area contributed by atoms with Crippen molar-refractivity contribution in [1.29, 1.82) is 0 Å². The molecule has 30 heavy (non-hydrogen) atoms. The Kier molecular flexibility index (Phi) is 6.20. The third kappa shape index (κ3) is 5.05. The van der Waals surface area contributed by atoms with Gasteiger partial charge in [0.15, 0.2) is 5.69 Å². The predicted octanol–water partition coefficient (Wildman–Crippen LogP) is 5.18. The van der Waals surface area contributed by atoms with Crippen LogP contribution in [0.3, 0.4) is 0 Å². The van der Waals surface area contributed by atoms with Crippen molar-refractivity contribution in [2.45, 2.75) is 19.5 Å². The van der Waals surface area contributed by atoms with Crippen LogP contribution < -0.4 is 5.32 Å². The summed E-state index contributed by atoms with van der Waals surface area (Å²) >= 11 is 0. The Labute approximate surface area is 169 Å². The van der Waals surface area contributed by atoms with Crippen LogP contribution in [0.25, 0.3) is 11.5 Å². The average Bonchev–Trinajstić information content (AvgIpc) is 3.22. The molecule has 0 radical (unpaired) electrons. The molecule has 9 heteroatoms. The molecular formula is C21H17F3N2O4. The van der Waals surface area contributed by atoms with Crippen molar-refractivity contribution >= 4 is 17.6 Å². The normalized spacial score (nSPS) is 11.2. The molecule has 0 saturated heterocycles. The minimum Gasteiger partial charge on any atom is -0.462 e. The number of ether oxygens (including phenoxy) is 1. The highest BCUT2D eigenvalue weighted by Crippen LogP contribution is 2.30. The molecule has 0 unspecified atom stereocenters. The van der Waals surface area contributed by atoms with E-state index in [1.54, 1.807) is 18.2 Å². The fourth-order valence-electron chi connectivity index (χ4n) is 2.51. The zero-order valence-electron chi connectivity index (χ0n) is 15.8. The van der Waals surface area contributed by atoms with E-state index >= 15 is 0 Å². The van der Waals surface area contributed by atoms with E-state index in [4.69, 9.17) is 9.15 Å². The second-order valence-electron chi connectivity index (χ2n) is 6.28. The van der Waals surface area contributed by atoms with Gasteiger partial charge in [0.25, 0.3) is 5.91 Å². The van der Waals surface area contributed by atoms with Crippen molar-refractivity contribution in [1.82, 2.24) is 4.98 Å². The van der Waals surface area contributed by atoms with E-state index < -0.39 is 23.6 Å². The number of anilines is 1. The van der Waals surface area contributed by atoms with E-state index in [0.717, 1.165) is 18.4 Å². The number of nitrogens with zero attached hydrogens (tertiary/aromatic N) is 1. The Morgan fingerprint density at radius 2 is 1.87 bits per heavy atom. The number of hydrogen-bond donors (Lipinski definition) is 1. The van der Waals surface area contributed by atoms with Crippen LogP contribution in [-0.2, 0) is 10.9 Å². The molecule has 1 heterocycles. The molecule has 0 aliphatic heterocycles. The van der Waals surface area contributed by atoms with Crippen LogP contribution in [0.2, 0.25) is 0 Å². The van der Waals surface area contributed by atoms with Crippen molar-refractivity contribution in [3.63, 3.8) is 0 Å². The van der Waals surface area contributed by atoms with E-state index in [1.165, 1.54) is 18.2 Å². The molecule has 6 nitrogen and oxygen atoms in total. The maximum Gasteiger partial charge on any atom is 0.416 e. The maximum absolute atomic E-state index is 12.7. The van der Waals surface area contributed by atoms with Crippen molar-refractivity contribution < 1.29 is 31.9 Å². The molecule has 1 N–H and O–H groups in total. The molecule has 0 saturated carbocycles. The Hall–Kier alpha value is -3.62. The third-order valence-electron chi connectivity index (χ3n) is 3.99. The van der Waals surface area contributed by atoms with E-state index in [-0.39, 0.29) is 17.1 Å². The van der Waals surface area contributed by atoms with Crippen LogP contribution in [0.15, 0.2) is 59.2 Å². The van der Waals surface area contributed by atoms with Gasteiger partial charge in [0.1, 0.15) is 6.26 Å². The smallest absolute Gasteiger partial charge is 0.416 e. The van der Waals surface area contributed by atoms with Crippen LogP contribution in [0.1, 0.15) is 39.8 Å². The lowest BCUT2D eigenvalue weighted by atomic mass is 10.1. The van der Waals surface area contributed by atoms with Gasteiger partial charge in [0, 0.05) is 11.3 Å². The summed E-state index contributed by atoms with van der Waals surface area (Å²) < 4.78 is 48.2. The summed E-state index contributed by atoms with van der Waals surface area (Å²) in [6.07, 6.45) is -2.66. The van der Waals surface area contributed by atoms with Gasteiger partial charge in [-0.05, 0) is 48.9 Å². The molecule has 3 rings (SSSR count). The van der Waals surface area contributed by atoms with Crippen LogP contribution in [0, 0.1) is 0 Å². The zero-order valence-corrected chi connectivity index (χ0v) is 15.8. The van der Waals surface area contributed by atoms with Gasteiger partial charge in [0.2, 0.25) is 5.89 Å². The molecule has 0 fully saturated rings. The standard InChI is InChI=1S/C21H17F3N2O4/c1-2-10-29-20(28)14-4-3-5-16(11-14)25-18(27)17-12-30-19(26-17)13-6-8-15(9-7-13)21(22,23)24/h3-9,11-12H,2,10H2,1H3,(H,25,27). The summed E-state index contributed by atoms with van der Waals surface area (Å²) in [6, 6.07) is 10.4. The van der Waals surface area contributed by atoms with Gasteiger partial charge in [-0.25, -0.2) is 9.78 Å². The molecule has 156 valence electrons. The highest BCUT2D eigenvalue weighted by molar-refractivity contribution is 6.03. The summed E-state index contributed by atoms with van der Waals surface area (Å²) in [4.78, 5) is 28.3. The molecule has 1 amide bonds. The van der Waals surface area contributed by atoms with E-state index in [2.05, 4.69) is 10.3 Å². The molecule has 3 aromatic rings. The van der Waals surface area contributed by atoms with Gasteiger partial charge in [0.05, 0.1) is 17.7 Å². The number of esters is 1. The Morgan fingerprint density at radius 1 is 1.13 bits per heavy atom. The quantitative estimate of drug-likeness (QED) is 0.558. The number of carbonyl (C=O) groups excluding carboxylic acids is 2. The van der Waals surface area contributed by atoms with Gasteiger partial charge in [-0.2, -0.15) is 13.2 Å². The fourth-order valence-corrected chi connectivity index (χ4v) is 2.51. The van der Waals surface area contributed by atoms with Gasteiger partial charge in [-0.3, -0.25) is 4.79 Å². The summed E-state index contributed by atoms with van der Waals surface area (Å²) in [5.74, 6) is -1.10. The second-order valence-corrected chi connectivity index (χ2v) is 6.28. The lowest BCUT2D eigenvalue weighted by Gasteiger charge is -2.06. The van der Waals surface area contributed by atoms with E-state index in [1.807, 2.05) is 6.92 Å². The number of carbonyl (C=O) groups is 2. The predicted molar refractivity (Wildman–Crippen MR) is 102 cm³/mol. The molecule has 2 aromatic carbocycles. The lowest BCUT2D eigenvalue weighted by Crippen LogP contribution is -2.13. The summed E-state index contributed by atoms with van der Waals surface area (Å²) in [5, 5.41) is 2.59. The number of nitrogens with one attached hydrogen (secondary N) is 1. The second kappa shape index (κ2) is 8.81. The Bertz CT molecular complexity index is 1040. The molecule has 0 aliphatic carbocycles. The molecule has 0 atom stereocenters. The van der Waals surface area contributed by atoms with Gasteiger partial charge in [-0.15, -0.1) is 0 Å². The van der Waals surface area contributed by atoms with Crippen LogP contribution in [0.5, 0.6) is 0 Å². The minimum absolute atomic E-state index is 0.00534. The Morgan fingerprint density at radius 3 is 2.53 bits per heavy atom. The summed E-state index contributed by atoms with van der Waals surface area (Å²) in [7, 11) is 0. The number of hydrogen-bond acceptors (Lipinski definition) is 5. The van der Waals surface area contributed by atoms with Crippen LogP contribution >= 0.6 is 0 Å². The first kappa shape index (κ1) is 21.1. The topological polar surface area (TPSA) is 81.4 Å². The van der Waals surface area contributed by atoms with E-state index in [9.17, 15) is 22.8 Å². The van der Waals surface area contributed by atoms with Gasteiger partial charge < -0.3 is 14.5 Å². The van der Waals surface area contributed by atoms with E-state index in [0.29, 0.717) is 24.3 Å². The molecule has 0 aliphatic rings. The SMILES string of the molecule is CCCOC(=O)c1cccc(NC(=O)c2coc(-c3ccc(C(F)(F)F)cc3)n2)c1. The largest absolute Gasteiger partial charge is 0.462 e. The number of amides is 1. The van der Waals surface area contributed by atoms with Crippen molar-refractivity contribution in [2.24, 2.45) is 0 Å².